The van der Waals surface area contributed by atoms with Crippen molar-refractivity contribution in [2.75, 3.05) is 0 Å². The number of rotatable bonds is 5. The van der Waals surface area contributed by atoms with Crippen molar-refractivity contribution in [1.29, 1.82) is 0 Å². The first-order valence-corrected chi connectivity index (χ1v) is 18.6. The van der Waals surface area contributed by atoms with Crippen molar-refractivity contribution in [1.82, 2.24) is 19.5 Å². The standard InChI is InChI=1S/C49H29ClN4O/c50-35-24-21-31-23-26-43-45(41(31)29-35)39-25-22-34(28-44(39)55-43)48-51-47(33-14-9-13-32(27-33)30-11-3-1-4-12-30)52-49(53-48)40-19-10-18-38-37-17-7-8-20-42(37)54(46(38)40)36-15-5-2-6-16-36/h1-29H. The van der Waals surface area contributed by atoms with E-state index in [0.717, 1.165) is 88.0 Å². The van der Waals surface area contributed by atoms with Crippen LogP contribution in [-0.2, 0) is 0 Å². The molecule has 3 heterocycles. The van der Waals surface area contributed by atoms with Gasteiger partial charge in [-0.05, 0) is 82.6 Å². The SMILES string of the molecule is Clc1ccc2ccc3oc4cc(-c5nc(-c6cccc(-c7ccccc7)c6)nc(-c6cccc7c8ccccc8n(-c8ccccc8)c67)n5)ccc4c3c2c1. The van der Waals surface area contributed by atoms with Crippen molar-refractivity contribution in [2.24, 2.45) is 0 Å². The first kappa shape index (κ1) is 31.4. The van der Waals surface area contributed by atoms with Gasteiger partial charge in [-0.25, -0.2) is 15.0 Å². The highest BCUT2D eigenvalue weighted by Crippen LogP contribution is 2.40. The van der Waals surface area contributed by atoms with Gasteiger partial charge in [0, 0.05) is 48.9 Å². The molecule has 8 aromatic carbocycles. The quantitative estimate of drug-likeness (QED) is 0.177. The second-order valence-electron chi connectivity index (χ2n) is 13.8. The van der Waals surface area contributed by atoms with E-state index < -0.39 is 0 Å². The molecule has 0 amide bonds. The zero-order valence-electron chi connectivity index (χ0n) is 29.3. The van der Waals surface area contributed by atoms with E-state index in [4.69, 9.17) is 31.0 Å². The Morgan fingerprint density at radius 1 is 0.436 bits per heavy atom. The van der Waals surface area contributed by atoms with E-state index in [1.165, 1.54) is 0 Å². The number of fused-ring (bicyclic) bond motifs is 8. The third-order valence-electron chi connectivity index (χ3n) is 10.5. The Morgan fingerprint density at radius 3 is 1.96 bits per heavy atom. The minimum Gasteiger partial charge on any atom is -0.456 e. The Balaban J connectivity index is 1.17. The van der Waals surface area contributed by atoms with Crippen molar-refractivity contribution in [3.8, 4) is 51.0 Å². The van der Waals surface area contributed by atoms with Crippen molar-refractivity contribution in [3.63, 3.8) is 0 Å². The molecule has 0 aliphatic carbocycles. The van der Waals surface area contributed by atoms with Gasteiger partial charge < -0.3 is 8.98 Å². The van der Waals surface area contributed by atoms with E-state index >= 15 is 0 Å². The summed E-state index contributed by atoms with van der Waals surface area (Å²) in [6.07, 6.45) is 0. The summed E-state index contributed by atoms with van der Waals surface area (Å²) in [5.74, 6) is 1.73. The number of aromatic nitrogens is 4. The van der Waals surface area contributed by atoms with Crippen molar-refractivity contribution < 1.29 is 4.42 Å². The van der Waals surface area contributed by atoms with Crippen LogP contribution < -0.4 is 0 Å². The molecule has 0 atom stereocenters. The molecule has 0 unspecified atom stereocenters. The van der Waals surface area contributed by atoms with E-state index in [0.29, 0.717) is 22.5 Å². The number of hydrogen-bond donors (Lipinski definition) is 0. The molecule has 0 saturated heterocycles. The van der Waals surface area contributed by atoms with Crippen molar-refractivity contribution in [2.45, 2.75) is 0 Å². The summed E-state index contributed by atoms with van der Waals surface area (Å²) in [4.78, 5) is 15.7. The van der Waals surface area contributed by atoms with Gasteiger partial charge in [0.2, 0.25) is 0 Å². The molecule has 6 heteroatoms. The molecule has 0 spiro atoms. The molecule has 0 radical (unpaired) electrons. The van der Waals surface area contributed by atoms with Gasteiger partial charge in [-0.15, -0.1) is 0 Å². The van der Waals surface area contributed by atoms with Crippen LogP contribution >= 0.6 is 11.6 Å². The molecular formula is C49H29ClN4O. The van der Waals surface area contributed by atoms with Crippen LogP contribution in [-0.4, -0.2) is 19.5 Å². The zero-order chi connectivity index (χ0) is 36.5. The molecule has 11 rings (SSSR count). The average molecular weight is 725 g/mol. The zero-order valence-corrected chi connectivity index (χ0v) is 30.1. The molecule has 55 heavy (non-hydrogen) atoms. The van der Waals surface area contributed by atoms with Crippen molar-refractivity contribution >= 4 is 66.1 Å². The van der Waals surface area contributed by atoms with Crippen LogP contribution in [0.1, 0.15) is 0 Å². The minimum atomic E-state index is 0.555. The molecule has 0 aliphatic rings. The number of para-hydroxylation sites is 3. The van der Waals surface area contributed by atoms with Gasteiger partial charge in [-0.2, -0.15) is 0 Å². The average Bonchev–Trinajstić information content (AvgIpc) is 3.80. The van der Waals surface area contributed by atoms with E-state index in [-0.39, 0.29) is 0 Å². The second-order valence-corrected chi connectivity index (χ2v) is 14.2. The summed E-state index contributed by atoms with van der Waals surface area (Å²) >= 11 is 6.47. The molecule has 0 fully saturated rings. The fourth-order valence-corrected chi connectivity index (χ4v) is 8.15. The molecule has 5 nitrogen and oxygen atoms in total. The van der Waals surface area contributed by atoms with Crippen LogP contribution in [0, 0.1) is 0 Å². The van der Waals surface area contributed by atoms with E-state index in [1.807, 2.05) is 42.5 Å². The molecule has 0 N–H and O–H groups in total. The van der Waals surface area contributed by atoms with Gasteiger partial charge in [0.1, 0.15) is 11.2 Å². The van der Waals surface area contributed by atoms with E-state index in [2.05, 4.69) is 138 Å². The Morgan fingerprint density at radius 2 is 1.11 bits per heavy atom. The van der Waals surface area contributed by atoms with Crippen LogP contribution in [0.25, 0.3) is 105 Å². The molecule has 3 aromatic heterocycles. The molecule has 11 aromatic rings. The smallest absolute Gasteiger partial charge is 0.166 e. The van der Waals surface area contributed by atoms with Gasteiger partial charge in [0.05, 0.1) is 11.0 Å². The Kier molecular flexibility index (Phi) is 7.15. The minimum absolute atomic E-state index is 0.555. The monoisotopic (exact) mass is 724 g/mol. The fraction of sp³-hybridized carbons (Fsp3) is 0. The number of nitrogens with zero attached hydrogens (tertiary/aromatic N) is 4. The highest BCUT2D eigenvalue weighted by atomic mass is 35.5. The molecule has 0 bridgehead atoms. The summed E-state index contributed by atoms with van der Waals surface area (Å²) in [7, 11) is 0. The van der Waals surface area contributed by atoms with Crippen LogP contribution in [0.2, 0.25) is 5.02 Å². The Hall–Kier alpha value is -7.08. The summed E-state index contributed by atoms with van der Waals surface area (Å²) in [6, 6.07) is 60.4. The normalized spacial score (nSPS) is 11.7. The third-order valence-corrected chi connectivity index (χ3v) is 10.7. The summed E-state index contributed by atoms with van der Waals surface area (Å²) in [5.41, 5.74) is 9.62. The topological polar surface area (TPSA) is 56.7 Å². The lowest BCUT2D eigenvalue weighted by Gasteiger charge is -2.13. The fourth-order valence-electron chi connectivity index (χ4n) is 7.97. The van der Waals surface area contributed by atoms with Gasteiger partial charge in [-0.3, -0.25) is 0 Å². The van der Waals surface area contributed by atoms with Crippen LogP contribution in [0.5, 0.6) is 0 Å². The maximum atomic E-state index is 6.50. The van der Waals surface area contributed by atoms with E-state index in [9.17, 15) is 0 Å². The molecule has 0 saturated carbocycles. The predicted octanol–water partition coefficient (Wildman–Crippen LogP) is 13.3. The maximum Gasteiger partial charge on any atom is 0.166 e. The number of benzene rings is 8. The first-order valence-electron chi connectivity index (χ1n) is 18.2. The second kappa shape index (κ2) is 12.5. The van der Waals surface area contributed by atoms with Gasteiger partial charge in [0.15, 0.2) is 17.5 Å². The third kappa shape index (κ3) is 5.20. The summed E-state index contributed by atoms with van der Waals surface area (Å²) in [5, 5.41) is 7.19. The lowest BCUT2D eigenvalue weighted by atomic mass is 10.0. The molecule has 0 aliphatic heterocycles. The van der Waals surface area contributed by atoms with Crippen molar-refractivity contribution in [3.05, 3.63) is 181 Å². The van der Waals surface area contributed by atoms with Crippen LogP contribution in [0.4, 0.5) is 0 Å². The highest BCUT2D eigenvalue weighted by Gasteiger charge is 2.21. The summed E-state index contributed by atoms with van der Waals surface area (Å²) in [6.45, 7) is 0. The Labute approximate surface area is 320 Å². The van der Waals surface area contributed by atoms with Gasteiger partial charge >= 0.3 is 0 Å². The Bertz CT molecular complexity index is 3280. The summed E-state index contributed by atoms with van der Waals surface area (Å²) < 4.78 is 8.81. The van der Waals surface area contributed by atoms with Crippen LogP contribution in [0.3, 0.4) is 0 Å². The highest BCUT2D eigenvalue weighted by molar-refractivity contribution is 6.32. The first-order chi connectivity index (χ1) is 27.2. The van der Waals surface area contributed by atoms with Gasteiger partial charge in [0.25, 0.3) is 0 Å². The molecular weight excluding hydrogens is 696 g/mol. The largest absolute Gasteiger partial charge is 0.456 e. The lowest BCUT2D eigenvalue weighted by Crippen LogP contribution is -2.02. The van der Waals surface area contributed by atoms with Gasteiger partial charge in [-0.1, -0.05) is 127 Å². The number of halogens is 1. The predicted molar refractivity (Wildman–Crippen MR) is 226 cm³/mol. The number of hydrogen-bond acceptors (Lipinski definition) is 4. The lowest BCUT2D eigenvalue weighted by molar-refractivity contribution is 0.669. The molecule has 258 valence electrons. The van der Waals surface area contributed by atoms with Crippen LogP contribution in [0.15, 0.2) is 180 Å². The number of furan rings is 1. The maximum absolute atomic E-state index is 6.50. The van der Waals surface area contributed by atoms with E-state index in [1.54, 1.807) is 0 Å².